The van der Waals surface area contributed by atoms with Crippen molar-refractivity contribution < 1.29 is 9.53 Å². The van der Waals surface area contributed by atoms with Gasteiger partial charge in [-0.25, -0.2) is 0 Å². The number of hydrogen-bond donors (Lipinski definition) is 3. The number of nitrogens with one attached hydrogen (secondary N) is 1. The van der Waals surface area contributed by atoms with Crippen LogP contribution in [0.3, 0.4) is 0 Å². The van der Waals surface area contributed by atoms with E-state index >= 15 is 0 Å². The summed E-state index contributed by atoms with van der Waals surface area (Å²) in [5.41, 5.74) is 12.4. The van der Waals surface area contributed by atoms with Gasteiger partial charge >= 0.3 is 0 Å². The predicted molar refractivity (Wildman–Crippen MR) is 75.4 cm³/mol. The second-order valence-corrected chi connectivity index (χ2v) is 4.80. The van der Waals surface area contributed by atoms with Gasteiger partial charge in [-0.15, -0.1) is 11.3 Å². The van der Waals surface area contributed by atoms with Gasteiger partial charge in [-0.3, -0.25) is 9.78 Å². The van der Waals surface area contributed by atoms with E-state index in [9.17, 15) is 4.79 Å². The predicted octanol–water partition coefficient (Wildman–Crippen LogP) is 1.44. The number of aromatic nitrogens is 1. The number of anilines is 2. The Morgan fingerprint density at radius 1 is 1.47 bits per heavy atom. The van der Waals surface area contributed by atoms with Crippen LogP contribution in [0.15, 0.2) is 24.5 Å². The third kappa shape index (κ3) is 2.76. The molecule has 0 aromatic carbocycles. The van der Waals surface area contributed by atoms with E-state index in [-0.39, 0.29) is 5.69 Å². The summed E-state index contributed by atoms with van der Waals surface area (Å²) in [6.07, 6.45) is 3.43. The minimum Gasteiger partial charge on any atom is -0.492 e. The molecule has 0 radical (unpaired) electrons. The molecule has 0 spiro atoms. The Morgan fingerprint density at radius 2 is 2.16 bits per heavy atom. The molecule has 0 fully saturated rings. The van der Waals surface area contributed by atoms with Crippen LogP contribution in [0.1, 0.15) is 15.2 Å². The highest BCUT2D eigenvalue weighted by Gasteiger charge is 2.19. The smallest absolute Gasteiger partial charge is 0.261 e. The largest absolute Gasteiger partial charge is 0.492 e. The van der Waals surface area contributed by atoms with Gasteiger partial charge in [0, 0.05) is 18.9 Å². The summed E-state index contributed by atoms with van der Waals surface area (Å²) in [6, 6.07) is 3.79. The number of nitrogens with two attached hydrogens (primary N) is 2. The minimum atomic E-state index is -0.558. The molecule has 0 atom stereocenters. The van der Waals surface area contributed by atoms with Gasteiger partial charge in [0.05, 0.1) is 7.11 Å². The van der Waals surface area contributed by atoms with Crippen LogP contribution in [0, 0.1) is 0 Å². The normalized spacial score (nSPS) is 10.2. The SMILES string of the molecule is COc1c(NCc2ccncc2)sc(C(N)=O)c1N. The molecule has 2 rings (SSSR count). The molecular weight excluding hydrogens is 264 g/mol. The summed E-state index contributed by atoms with van der Waals surface area (Å²) >= 11 is 1.19. The highest BCUT2D eigenvalue weighted by Crippen LogP contribution is 2.42. The van der Waals surface area contributed by atoms with Crippen molar-refractivity contribution in [1.82, 2.24) is 4.98 Å². The van der Waals surface area contributed by atoms with E-state index in [0.29, 0.717) is 22.2 Å². The molecule has 100 valence electrons. The number of rotatable bonds is 5. The summed E-state index contributed by atoms with van der Waals surface area (Å²) in [5.74, 6) is -0.106. The summed E-state index contributed by atoms with van der Waals surface area (Å²) in [7, 11) is 1.50. The molecule has 2 aromatic rings. The van der Waals surface area contributed by atoms with Gasteiger partial charge in [0.15, 0.2) is 5.75 Å². The van der Waals surface area contributed by atoms with Crippen LogP contribution >= 0.6 is 11.3 Å². The van der Waals surface area contributed by atoms with Crippen molar-refractivity contribution in [2.45, 2.75) is 6.54 Å². The Bertz CT molecular complexity index is 583. The standard InChI is InChI=1S/C12H14N4O2S/c1-18-9-8(13)10(11(14)17)19-12(9)16-6-7-2-4-15-5-3-7/h2-5,16H,6,13H2,1H3,(H2,14,17). The van der Waals surface area contributed by atoms with Crippen molar-refractivity contribution in [3.63, 3.8) is 0 Å². The van der Waals surface area contributed by atoms with E-state index in [1.54, 1.807) is 12.4 Å². The van der Waals surface area contributed by atoms with Crippen molar-refractivity contribution in [3.05, 3.63) is 35.0 Å². The fourth-order valence-corrected chi connectivity index (χ4v) is 2.55. The van der Waals surface area contributed by atoms with Crippen molar-refractivity contribution in [1.29, 1.82) is 0 Å². The Hall–Kier alpha value is -2.28. The maximum atomic E-state index is 11.2. The number of nitrogen functional groups attached to an aromatic ring is 1. The zero-order chi connectivity index (χ0) is 13.8. The molecule has 1 amide bonds. The first-order valence-electron chi connectivity index (χ1n) is 5.52. The average molecular weight is 278 g/mol. The summed E-state index contributed by atoms with van der Waals surface area (Å²) in [4.78, 5) is 15.5. The zero-order valence-corrected chi connectivity index (χ0v) is 11.2. The molecule has 0 saturated carbocycles. The Labute approximate surface area is 114 Å². The Morgan fingerprint density at radius 3 is 2.74 bits per heavy atom. The van der Waals surface area contributed by atoms with Crippen LogP contribution in [0.5, 0.6) is 5.75 Å². The van der Waals surface area contributed by atoms with E-state index in [4.69, 9.17) is 16.2 Å². The van der Waals surface area contributed by atoms with E-state index in [2.05, 4.69) is 10.3 Å². The van der Waals surface area contributed by atoms with Gasteiger partial charge in [-0.05, 0) is 17.7 Å². The topological polar surface area (TPSA) is 103 Å². The highest BCUT2D eigenvalue weighted by atomic mass is 32.1. The summed E-state index contributed by atoms with van der Waals surface area (Å²) < 4.78 is 5.20. The molecule has 7 heteroatoms. The third-order valence-electron chi connectivity index (χ3n) is 2.53. The van der Waals surface area contributed by atoms with Gasteiger partial charge in [-0.2, -0.15) is 0 Å². The Kier molecular flexibility index (Phi) is 3.86. The third-order valence-corrected chi connectivity index (χ3v) is 3.69. The van der Waals surface area contributed by atoms with Crippen molar-refractivity contribution in [2.75, 3.05) is 18.2 Å². The number of nitrogens with zero attached hydrogens (tertiary/aromatic N) is 1. The van der Waals surface area contributed by atoms with E-state index in [0.717, 1.165) is 5.56 Å². The van der Waals surface area contributed by atoms with Crippen LogP contribution in [0.4, 0.5) is 10.7 Å². The van der Waals surface area contributed by atoms with Crippen LogP contribution in [-0.4, -0.2) is 18.0 Å². The van der Waals surface area contributed by atoms with Gasteiger partial charge in [-0.1, -0.05) is 0 Å². The van der Waals surface area contributed by atoms with Crippen LogP contribution < -0.4 is 21.5 Å². The molecule has 2 aromatic heterocycles. The average Bonchev–Trinajstić information content (AvgIpc) is 2.74. The van der Waals surface area contributed by atoms with Gasteiger partial charge < -0.3 is 21.5 Å². The number of hydrogen-bond acceptors (Lipinski definition) is 6. The molecule has 19 heavy (non-hydrogen) atoms. The highest BCUT2D eigenvalue weighted by molar-refractivity contribution is 7.19. The Balaban J connectivity index is 2.20. The molecule has 0 aliphatic heterocycles. The number of methoxy groups -OCH3 is 1. The number of ether oxygens (including phenoxy) is 1. The lowest BCUT2D eigenvalue weighted by atomic mass is 10.3. The number of carbonyl (C=O) groups excluding carboxylic acids is 1. The first-order chi connectivity index (χ1) is 9.13. The molecule has 5 N–H and O–H groups in total. The minimum absolute atomic E-state index is 0.275. The monoisotopic (exact) mass is 278 g/mol. The van der Waals surface area contributed by atoms with Crippen LogP contribution in [-0.2, 0) is 6.54 Å². The lowest BCUT2D eigenvalue weighted by Crippen LogP contribution is -2.10. The molecule has 0 saturated heterocycles. The van der Waals surface area contributed by atoms with Gasteiger partial charge in [0.25, 0.3) is 5.91 Å². The lowest BCUT2D eigenvalue weighted by Gasteiger charge is -2.06. The fraction of sp³-hybridized carbons (Fsp3) is 0.167. The molecule has 0 aliphatic rings. The van der Waals surface area contributed by atoms with E-state index < -0.39 is 5.91 Å². The molecule has 2 heterocycles. The number of pyridine rings is 1. The van der Waals surface area contributed by atoms with Gasteiger partial charge in [0.1, 0.15) is 15.6 Å². The quantitative estimate of drug-likeness (QED) is 0.768. The second kappa shape index (κ2) is 5.57. The number of thiophene rings is 1. The molecule has 0 aliphatic carbocycles. The number of primary amides is 1. The zero-order valence-electron chi connectivity index (χ0n) is 10.3. The molecule has 0 unspecified atom stereocenters. The van der Waals surface area contributed by atoms with Crippen LogP contribution in [0.2, 0.25) is 0 Å². The van der Waals surface area contributed by atoms with Gasteiger partial charge in [0.2, 0.25) is 0 Å². The maximum absolute atomic E-state index is 11.2. The maximum Gasteiger partial charge on any atom is 0.261 e. The molecule has 6 nitrogen and oxygen atoms in total. The van der Waals surface area contributed by atoms with Crippen molar-refractivity contribution in [3.8, 4) is 5.75 Å². The molecular formula is C12H14N4O2S. The lowest BCUT2D eigenvalue weighted by molar-refractivity contribution is 0.100. The van der Waals surface area contributed by atoms with Crippen molar-refractivity contribution >= 4 is 27.9 Å². The number of amides is 1. The molecule has 0 bridgehead atoms. The van der Waals surface area contributed by atoms with Crippen molar-refractivity contribution in [2.24, 2.45) is 5.73 Å². The number of carbonyl (C=O) groups is 1. The van der Waals surface area contributed by atoms with Crippen LogP contribution in [0.25, 0.3) is 0 Å². The first-order valence-corrected chi connectivity index (χ1v) is 6.34. The summed E-state index contributed by atoms with van der Waals surface area (Å²) in [6.45, 7) is 0.580. The van der Waals surface area contributed by atoms with E-state index in [1.165, 1.54) is 18.4 Å². The van der Waals surface area contributed by atoms with E-state index in [1.807, 2.05) is 12.1 Å². The first kappa shape index (κ1) is 13.2. The summed E-state index contributed by atoms with van der Waals surface area (Å²) in [5, 5.41) is 3.86. The second-order valence-electron chi connectivity index (χ2n) is 3.78. The fourth-order valence-electron chi connectivity index (χ4n) is 1.61.